The molecular formula is C31H39N3O7. The summed E-state index contributed by atoms with van der Waals surface area (Å²) in [5.74, 6) is -0.131. The van der Waals surface area contributed by atoms with Crippen molar-refractivity contribution < 1.29 is 33.3 Å². The highest BCUT2D eigenvalue weighted by Gasteiger charge is 2.32. The number of anilines is 2. The van der Waals surface area contributed by atoms with E-state index in [2.05, 4.69) is 15.5 Å². The van der Waals surface area contributed by atoms with Gasteiger partial charge in [-0.15, -0.1) is 0 Å². The van der Waals surface area contributed by atoms with Gasteiger partial charge in [0.15, 0.2) is 0 Å². The largest absolute Gasteiger partial charge is 0.496 e. The van der Waals surface area contributed by atoms with Gasteiger partial charge in [0, 0.05) is 42.9 Å². The fourth-order valence-electron chi connectivity index (χ4n) is 5.04. The molecule has 10 nitrogen and oxygen atoms in total. The van der Waals surface area contributed by atoms with E-state index in [1.165, 1.54) is 0 Å². The second-order valence-corrected chi connectivity index (χ2v) is 10.2. The Hall–Kier alpha value is -3.89. The van der Waals surface area contributed by atoms with E-state index in [1.807, 2.05) is 38.1 Å². The zero-order valence-corrected chi connectivity index (χ0v) is 24.0. The van der Waals surface area contributed by atoms with Gasteiger partial charge in [0.05, 0.1) is 38.2 Å². The van der Waals surface area contributed by atoms with Gasteiger partial charge in [-0.25, -0.2) is 9.59 Å². The van der Waals surface area contributed by atoms with Crippen molar-refractivity contribution in [1.82, 2.24) is 4.90 Å². The van der Waals surface area contributed by atoms with Crippen LogP contribution in [0.15, 0.2) is 42.0 Å². The van der Waals surface area contributed by atoms with Crippen molar-refractivity contribution in [2.45, 2.75) is 46.1 Å². The fourth-order valence-corrected chi connectivity index (χ4v) is 5.04. The van der Waals surface area contributed by atoms with E-state index in [9.17, 15) is 14.4 Å². The third kappa shape index (κ3) is 8.08. The van der Waals surface area contributed by atoms with Gasteiger partial charge in [-0.3, -0.25) is 9.69 Å². The Kier molecular flexibility index (Phi) is 10.8. The number of nitrogens with zero attached hydrogens (tertiary/aromatic N) is 1. The predicted molar refractivity (Wildman–Crippen MR) is 155 cm³/mol. The molecule has 0 aromatic heterocycles. The summed E-state index contributed by atoms with van der Waals surface area (Å²) in [4.78, 5) is 40.3. The Balaban J connectivity index is 1.40. The van der Waals surface area contributed by atoms with Crippen LogP contribution in [0.3, 0.4) is 0 Å². The molecular weight excluding hydrogens is 526 g/mol. The highest BCUT2D eigenvalue weighted by atomic mass is 16.5. The Morgan fingerprint density at radius 1 is 1.10 bits per heavy atom. The van der Waals surface area contributed by atoms with Gasteiger partial charge in [0.25, 0.3) is 0 Å². The van der Waals surface area contributed by atoms with Crippen LogP contribution in [-0.4, -0.2) is 69.4 Å². The van der Waals surface area contributed by atoms with Crippen LogP contribution in [0, 0.1) is 6.92 Å². The Labute approximate surface area is 241 Å². The van der Waals surface area contributed by atoms with Gasteiger partial charge in [0.1, 0.15) is 12.4 Å². The molecule has 1 saturated heterocycles. The summed E-state index contributed by atoms with van der Waals surface area (Å²) in [7, 11) is 1.56. The number of methoxy groups -OCH3 is 1. The maximum absolute atomic E-state index is 12.9. The van der Waals surface area contributed by atoms with Crippen LogP contribution in [0.2, 0.25) is 0 Å². The molecule has 1 fully saturated rings. The van der Waals surface area contributed by atoms with Crippen LogP contribution in [0.4, 0.5) is 16.2 Å². The van der Waals surface area contributed by atoms with Crippen LogP contribution >= 0.6 is 0 Å². The smallest absolute Gasteiger partial charge is 0.341 e. The molecule has 0 radical (unpaired) electrons. The van der Waals surface area contributed by atoms with Gasteiger partial charge in [-0.2, -0.15) is 0 Å². The lowest BCUT2D eigenvalue weighted by molar-refractivity contribution is -0.143. The minimum absolute atomic E-state index is 0.120. The van der Waals surface area contributed by atoms with E-state index in [1.54, 1.807) is 19.2 Å². The number of morpholine rings is 1. The minimum Gasteiger partial charge on any atom is -0.496 e. The summed E-state index contributed by atoms with van der Waals surface area (Å²) in [6.07, 6.45) is 3.97. The lowest BCUT2D eigenvalue weighted by Crippen LogP contribution is -2.37. The molecule has 2 aromatic carbocycles. The molecule has 2 aliphatic heterocycles. The van der Waals surface area contributed by atoms with E-state index in [-0.39, 0.29) is 19.0 Å². The van der Waals surface area contributed by atoms with Crippen molar-refractivity contribution in [3.8, 4) is 5.75 Å². The number of carbonyl (C=O) groups excluding carboxylic acids is 3. The second kappa shape index (κ2) is 14.7. The summed E-state index contributed by atoms with van der Waals surface area (Å²) >= 11 is 0. The maximum Gasteiger partial charge on any atom is 0.341 e. The first-order chi connectivity index (χ1) is 19.9. The first kappa shape index (κ1) is 30.1. The lowest BCUT2D eigenvalue weighted by atomic mass is 9.93. The number of esters is 2. The SMILES string of the molecule is COc1c(C)c2c(c(NC(=O)Nc3ccccc3)c1C/C=C(\C)CCC(=O)OCCCN1CCOCC1)C(=O)OC2. The van der Waals surface area contributed by atoms with E-state index >= 15 is 0 Å². The highest BCUT2D eigenvalue weighted by Crippen LogP contribution is 2.41. The lowest BCUT2D eigenvalue weighted by Gasteiger charge is -2.26. The third-order valence-electron chi connectivity index (χ3n) is 7.31. The van der Waals surface area contributed by atoms with E-state index < -0.39 is 12.0 Å². The summed E-state index contributed by atoms with van der Waals surface area (Å²) in [5, 5.41) is 5.67. The van der Waals surface area contributed by atoms with Crippen molar-refractivity contribution in [1.29, 1.82) is 0 Å². The van der Waals surface area contributed by atoms with Crippen LogP contribution in [0.25, 0.3) is 0 Å². The molecule has 0 unspecified atom stereocenters. The first-order valence-corrected chi connectivity index (χ1v) is 14.0. The predicted octanol–water partition coefficient (Wildman–Crippen LogP) is 4.85. The number of allylic oxidation sites excluding steroid dienone is 2. The van der Waals surface area contributed by atoms with E-state index in [0.29, 0.717) is 53.3 Å². The zero-order chi connectivity index (χ0) is 29.2. The van der Waals surface area contributed by atoms with Gasteiger partial charge in [-0.1, -0.05) is 29.8 Å². The van der Waals surface area contributed by atoms with Crippen LogP contribution < -0.4 is 15.4 Å². The Morgan fingerprint density at radius 3 is 2.59 bits per heavy atom. The van der Waals surface area contributed by atoms with Crippen LogP contribution in [-0.2, 0) is 32.0 Å². The standard InChI is InChI=1S/C31H39N3O7/c1-21(11-13-26(35)40-17-7-14-34-15-18-39-19-16-34)10-12-24-28(33-31(37)32-23-8-5-4-6-9-23)27-25(20-41-30(27)36)22(2)29(24)38-3/h4-6,8-10H,7,11-20H2,1-3H3,(H2,32,33,37)/b21-10+. The number of amides is 2. The number of urea groups is 1. The second-order valence-electron chi connectivity index (χ2n) is 10.2. The third-order valence-corrected chi connectivity index (χ3v) is 7.31. The van der Waals surface area contributed by atoms with E-state index in [0.717, 1.165) is 50.4 Å². The molecule has 10 heteroatoms. The molecule has 0 spiro atoms. The number of cyclic esters (lactones) is 1. The average Bonchev–Trinajstić information content (AvgIpc) is 3.37. The average molecular weight is 566 g/mol. The van der Waals surface area contributed by atoms with Crippen LogP contribution in [0.5, 0.6) is 5.75 Å². The number of hydrogen-bond acceptors (Lipinski definition) is 8. The molecule has 2 heterocycles. The summed E-state index contributed by atoms with van der Waals surface area (Å²) < 4.78 is 21.9. The molecule has 0 saturated carbocycles. The van der Waals surface area contributed by atoms with Gasteiger partial charge >= 0.3 is 18.0 Å². The number of rotatable bonds is 12. The van der Waals surface area contributed by atoms with Crippen molar-refractivity contribution in [2.24, 2.45) is 0 Å². The molecule has 41 heavy (non-hydrogen) atoms. The van der Waals surface area contributed by atoms with Crippen LogP contribution in [0.1, 0.15) is 53.2 Å². The van der Waals surface area contributed by atoms with Gasteiger partial charge < -0.3 is 29.6 Å². The summed E-state index contributed by atoms with van der Waals surface area (Å²) in [6.45, 7) is 8.59. The normalized spacial score (nSPS) is 15.2. The molecule has 2 N–H and O–H groups in total. The number of ether oxygens (including phenoxy) is 4. The maximum atomic E-state index is 12.9. The quantitative estimate of drug-likeness (QED) is 0.213. The summed E-state index contributed by atoms with van der Waals surface area (Å²) in [5.41, 5.74) is 4.46. The topological polar surface area (TPSA) is 115 Å². The number of carbonyl (C=O) groups is 3. The molecule has 4 rings (SSSR count). The molecule has 2 aromatic rings. The van der Waals surface area contributed by atoms with E-state index in [4.69, 9.17) is 18.9 Å². The van der Waals surface area contributed by atoms with Crippen molar-refractivity contribution in [3.63, 3.8) is 0 Å². The molecule has 2 amide bonds. The van der Waals surface area contributed by atoms with Crippen molar-refractivity contribution in [2.75, 3.05) is 57.2 Å². The van der Waals surface area contributed by atoms with Gasteiger partial charge in [0.2, 0.25) is 0 Å². The Morgan fingerprint density at radius 2 is 1.85 bits per heavy atom. The number of fused-ring (bicyclic) bond motifs is 1. The molecule has 2 aliphatic rings. The Bertz CT molecular complexity index is 1270. The zero-order valence-electron chi connectivity index (χ0n) is 24.0. The number of hydrogen-bond donors (Lipinski definition) is 2. The summed E-state index contributed by atoms with van der Waals surface area (Å²) in [6, 6.07) is 8.56. The molecule has 0 bridgehead atoms. The first-order valence-electron chi connectivity index (χ1n) is 14.0. The highest BCUT2D eigenvalue weighted by molar-refractivity contribution is 6.08. The van der Waals surface area contributed by atoms with Crippen molar-refractivity contribution >= 4 is 29.3 Å². The number of nitrogens with one attached hydrogen (secondary N) is 2. The monoisotopic (exact) mass is 565 g/mol. The minimum atomic E-state index is -0.487. The van der Waals surface area contributed by atoms with Gasteiger partial charge in [-0.05, 0) is 50.8 Å². The molecule has 0 atom stereocenters. The van der Waals surface area contributed by atoms with Crippen molar-refractivity contribution in [3.05, 3.63) is 64.2 Å². The molecule has 220 valence electrons. The number of benzene rings is 2. The number of para-hydroxylation sites is 1. The fraction of sp³-hybridized carbons (Fsp3) is 0.452. The molecule has 0 aliphatic carbocycles.